The van der Waals surface area contributed by atoms with E-state index in [1.807, 2.05) is 20.8 Å². The Bertz CT molecular complexity index is 400. The molecule has 1 unspecified atom stereocenters. The van der Waals surface area contributed by atoms with Crippen molar-refractivity contribution < 1.29 is 9.90 Å². The van der Waals surface area contributed by atoms with Crippen LogP contribution in [0.3, 0.4) is 0 Å². The van der Waals surface area contributed by atoms with Crippen LogP contribution >= 0.6 is 0 Å². The molecule has 17 heavy (non-hydrogen) atoms. The minimum atomic E-state index is -0.437. The highest BCUT2D eigenvalue weighted by atomic mass is 16.3. The van der Waals surface area contributed by atoms with Gasteiger partial charge in [0.25, 0.3) is 0 Å². The summed E-state index contributed by atoms with van der Waals surface area (Å²) < 4.78 is 0. The molecule has 0 bridgehead atoms. The molecule has 0 saturated carbocycles. The first-order chi connectivity index (χ1) is 7.81. The molecule has 0 heterocycles. The lowest BCUT2D eigenvalue weighted by Crippen LogP contribution is -2.54. The highest BCUT2D eigenvalue weighted by molar-refractivity contribution is 5.79. The molecule has 0 fully saturated rings. The standard InChI is InChI=1S/C13H20N2O2/c1-9(14)13(2,3)15-12(17)8-10-5-4-6-11(16)7-10/h4-7,9,16H,8,14H2,1-3H3,(H,15,17). The summed E-state index contributed by atoms with van der Waals surface area (Å²) >= 11 is 0. The van der Waals surface area contributed by atoms with Crippen LogP contribution in [0.15, 0.2) is 24.3 Å². The van der Waals surface area contributed by atoms with E-state index in [9.17, 15) is 9.90 Å². The summed E-state index contributed by atoms with van der Waals surface area (Å²) in [7, 11) is 0. The van der Waals surface area contributed by atoms with Gasteiger partial charge in [-0.2, -0.15) is 0 Å². The van der Waals surface area contributed by atoms with E-state index >= 15 is 0 Å². The Morgan fingerprint density at radius 2 is 2.18 bits per heavy atom. The van der Waals surface area contributed by atoms with Gasteiger partial charge < -0.3 is 16.2 Å². The number of phenols is 1. The van der Waals surface area contributed by atoms with E-state index < -0.39 is 5.54 Å². The van der Waals surface area contributed by atoms with Crippen LogP contribution in [-0.4, -0.2) is 22.6 Å². The van der Waals surface area contributed by atoms with E-state index in [0.717, 1.165) is 5.56 Å². The number of phenolic OH excluding ortho intramolecular Hbond substituents is 1. The fourth-order valence-electron chi connectivity index (χ4n) is 1.37. The number of nitrogens with one attached hydrogen (secondary N) is 1. The lowest BCUT2D eigenvalue weighted by Gasteiger charge is -2.30. The van der Waals surface area contributed by atoms with Crippen molar-refractivity contribution in [1.82, 2.24) is 5.32 Å². The summed E-state index contributed by atoms with van der Waals surface area (Å²) in [4.78, 5) is 11.8. The zero-order chi connectivity index (χ0) is 13.1. The normalized spacial score (nSPS) is 13.2. The molecule has 1 aromatic rings. The molecule has 0 aliphatic heterocycles. The Kier molecular flexibility index (Phi) is 4.12. The summed E-state index contributed by atoms with van der Waals surface area (Å²) in [6.07, 6.45) is 0.241. The Morgan fingerprint density at radius 1 is 1.53 bits per heavy atom. The van der Waals surface area contributed by atoms with Gasteiger partial charge >= 0.3 is 0 Å². The van der Waals surface area contributed by atoms with Gasteiger partial charge in [0.05, 0.1) is 6.42 Å². The first kappa shape index (κ1) is 13.5. The smallest absolute Gasteiger partial charge is 0.224 e. The van der Waals surface area contributed by atoms with Gasteiger partial charge in [0.1, 0.15) is 5.75 Å². The van der Waals surface area contributed by atoms with Gasteiger partial charge in [-0.3, -0.25) is 4.79 Å². The van der Waals surface area contributed by atoms with Crippen LogP contribution in [-0.2, 0) is 11.2 Å². The van der Waals surface area contributed by atoms with Crippen molar-refractivity contribution in [3.05, 3.63) is 29.8 Å². The Morgan fingerprint density at radius 3 is 2.71 bits per heavy atom. The van der Waals surface area contributed by atoms with Crippen LogP contribution < -0.4 is 11.1 Å². The molecule has 1 aromatic carbocycles. The summed E-state index contributed by atoms with van der Waals surface area (Å²) in [5.74, 6) is 0.0691. The van der Waals surface area contributed by atoms with E-state index in [1.165, 1.54) is 0 Å². The lowest BCUT2D eigenvalue weighted by molar-refractivity contribution is -0.122. The number of rotatable bonds is 4. The fraction of sp³-hybridized carbons (Fsp3) is 0.462. The van der Waals surface area contributed by atoms with Gasteiger partial charge in [-0.1, -0.05) is 12.1 Å². The summed E-state index contributed by atoms with van der Waals surface area (Å²) in [6.45, 7) is 5.63. The molecular weight excluding hydrogens is 216 g/mol. The number of benzene rings is 1. The molecule has 1 amide bonds. The maximum Gasteiger partial charge on any atom is 0.224 e. The quantitative estimate of drug-likeness (QED) is 0.734. The molecule has 1 rings (SSSR count). The van der Waals surface area contributed by atoms with Gasteiger partial charge in [0, 0.05) is 11.6 Å². The molecule has 0 radical (unpaired) electrons. The second-order valence-corrected chi connectivity index (χ2v) is 4.91. The molecule has 94 valence electrons. The van der Waals surface area contributed by atoms with Gasteiger partial charge in [-0.25, -0.2) is 0 Å². The van der Waals surface area contributed by atoms with Gasteiger partial charge in [0.15, 0.2) is 0 Å². The SMILES string of the molecule is CC(N)C(C)(C)NC(=O)Cc1cccc(O)c1. The van der Waals surface area contributed by atoms with Crippen molar-refractivity contribution in [1.29, 1.82) is 0 Å². The largest absolute Gasteiger partial charge is 0.508 e. The topological polar surface area (TPSA) is 75.3 Å². The number of carbonyl (C=O) groups is 1. The minimum Gasteiger partial charge on any atom is -0.508 e. The van der Waals surface area contributed by atoms with E-state index in [1.54, 1.807) is 24.3 Å². The first-order valence-electron chi connectivity index (χ1n) is 5.66. The van der Waals surface area contributed by atoms with Gasteiger partial charge in [-0.15, -0.1) is 0 Å². The predicted molar refractivity (Wildman–Crippen MR) is 67.7 cm³/mol. The second kappa shape index (κ2) is 5.19. The van der Waals surface area contributed by atoms with Crippen molar-refractivity contribution >= 4 is 5.91 Å². The predicted octanol–water partition coefficient (Wildman–Crippen LogP) is 1.18. The molecule has 4 N–H and O–H groups in total. The molecule has 0 aromatic heterocycles. The van der Waals surface area contributed by atoms with Crippen LogP contribution in [0.5, 0.6) is 5.75 Å². The van der Waals surface area contributed by atoms with Crippen molar-refractivity contribution in [2.24, 2.45) is 5.73 Å². The van der Waals surface area contributed by atoms with Crippen molar-refractivity contribution in [2.75, 3.05) is 0 Å². The first-order valence-corrected chi connectivity index (χ1v) is 5.66. The highest BCUT2D eigenvalue weighted by Crippen LogP contribution is 2.12. The number of nitrogens with two attached hydrogens (primary N) is 1. The van der Waals surface area contributed by atoms with E-state index in [4.69, 9.17) is 5.73 Å². The van der Waals surface area contributed by atoms with Crippen LogP contribution in [0.25, 0.3) is 0 Å². The molecule has 0 aliphatic carbocycles. The van der Waals surface area contributed by atoms with Crippen molar-refractivity contribution in [3.63, 3.8) is 0 Å². The third-order valence-corrected chi connectivity index (χ3v) is 2.88. The van der Waals surface area contributed by atoms with Gasteiger partial charge in [0.2, 0.25) is 5.91 Å². The molecule has 4 heteroatoms. The number of aromatic hydroxyl groups is 1. The third kappa shape index (κ3) is 4.07. The van der Waals surface area contributed by atoms with E-state index in [-0.39, 0.29) is 24.1 Å². The average molecular weight is 236 g/mol. The number of carbonyl (C=O) groups excluding carboxylic acids is 1. The Balaban J connectivity index is 2.62. The van der Waals surface area contributed by atoms with E-state index in [2.05, 4.69) is 5.32 Å². The monoisotopic (exact) mass is 236 g/mol. The average Bonchev–Trinajstić information content (AvgIpc) is 2.15. The molecular formula is C13H20N2O2. The van der Waals surface area contributed by atoms with Crippen LogP contribution in [0.2, 0.25) is 0 Å². The van der Waals surface area contributed by atoms with Crippen LogP contribution in [0.1, 0.15) is 26.3 Å². The number of hydrogen-bond acceptors (Lipinski definition) is 3. The number of amides is 1. The minimum absolute atomic E-state index is 0.0992. The zero-order valence-electron chi connectivity index (χ0n) is 10.5. The van der Waals surface area contributed by atoms with Crippen molar-refractivity contribution in [3.8, 4) is 5.75 Å². The molecule has 0 spiro atoms. The Labute approximate surface area is 102 Å². The highest BCUT2D eigenvalue weighted by Gasteiger charge is 2.24. The van der Waals surface area contributed by atoms with Crippen LogP contribution in [0.4, 0.5) is 0 Å². The summed E-state index contributed by atoms with van der Waals surface area (Å²) in [5.41, 5.74) is 6.13. The summed E-state index contributed by atoms with van der Waals surface area (Å²) in [6, 6.07) is 6.55. The van der Waals surface area contributed by atoms with E-state index in [0.29, 0.717) is 0 Å². The molecule has 0 aliphatic rings. The lowest BCUT2D eigenvalue weighted by atomic mass is 9.96. The Hall–Kier alpha value is -1.55. The van der Waals surface area contributed by atoms with Crippen LogP contribution in [0, 0.1) is 0 Å². The van der Waals surface area contributed by atoms with Gasteiger partial charge in [-0.05, 0) is 38.5 Å². The number of hydrogen-bond donors (Lipinski definition) is 3. The fourth-order valence-corrected chi connectivity index (χ4v) is 1.37. The molecule has 4 nitrogen and oxygen atoms in total. The summed E-state index contributed by atoms with van der Waals surface area (Å²) in [5, 5.41) is 12.2. The maximum absolute atomic E-state index is 11.8. The molecule has 0 saturated heterocycles. The third-order valence-electron chi connectivity index (χ3n) is 2.88. The zero-order valence-corrected chi connectivity index (χ0v) is 10.5. The molecule has 1 atom stereocenters. The van der Waals surface area contributed by atoms with Crippen molar-refractivity contribution in [2.45, 2.75) is 38.8 Å². The maximum atomic E-state index is 11.8. The second-order valence-electron chi connectivity index (χ2n) is 4.91.